The quantitative estimate of drug-likeness (QED) is 0.791. The Kier molecular flexibility index (Phi) is 4.41. The summed E-state index contributed by atoms with van der Waals surface area (Å²) in [6.45, 7) is 2.28. The van der Waals surface area contributed by atoms with Gasteiger partial charge in [0.1, 0.15) is 18.4 Å². The molecule has 0 fully saturated rings. The molecule has 4 heteroatoms. The first-order chi connectivity index (χ1) is 7.17. The van der Waals surface area contributed by atoms with E-state index in [1.807, 2.05) is 13.0 Å². The van der Waals surface area contributed by atoms with E-state index < -0.39 is 0 Å². The molecule has 1 unspecified atom stereocenters. The van der Waals surface area contributed by atoms with Crippen molar-refractivity contribution in [3.63, 3.8) is 0 Å². The van der Waals surface area contributed by atoms with Gasteiger partial charge in [-0.25, -0.2) is 0 Å². The summed E-state index contributed by atoms with van der Waals surface area (Å²) in [7, 11) is 1.61. The van der Waals surface area contributed by atoms with Gasteiger partial charge in [0.25, 0.3) is 0 Å². The van der Waals surface area contributed by atoms with E-state index in [-0.39, 0.29) is 6.10 Å². The Morgan fingerprint density at radius 3 is 2.87 bits per heavy atom. The van der Waals surface area contributed by atoms with Crippen molar-refractivity contribution in [1.82, 2.24) is 0 Å². The molecule has 3 nitrogen and oxygen atoms in total. The van der Waals surface area contributed by atoms with Crippen LogP contribution in [0.25, 0.3) is 0 Å². The van der Waals surface area contributed by atoms with E-state index >= 15 is 0 Å². The van der Waals surface area contributed by atoms with Crippen molar-refractivity contribution in [2.45, 2.75) is 13.0 Å². The van der Waals surface area contributed by atoms with Crippen LogP contribution in [-0.4, -0.2) is 19.8 Å². The first kappa shape index (κ1) is 11.8. The van der Waals surface area contributed by atoms with E-state index in [2.05, 4.69) is 0 Å². The SMILES string of the molecule is COC(C)COc1cc(Cl)ccc1C#N. The van der Waals surface area contributed by atoms with E-state index in [9.17, 15) is 0 Å². The fourth-order valence-electron chi connectivity index (χ4n) is 0.983. The summed E-state index contributed by atoms with van der Waals surface area (Å²) >= 11 is 5.80. The van der Waals surface area contributed by atoms with Gasteiger partial charge in [0.2, 0.25) is 0 Å². The van der Waals surface area contributed by atoms with Crippen LogP contribution in [0.4, 0.5) is 0 Å². The highest BCUT2D eigenvalue weighted by atomic mass is 35.5. The molecule has 80 valence electrons. The first-order valence-corrected chi connectivity index (χ1v) is 4.90. The highest BCUT2D eigenvalue weighted by Crippen LogP contribution is 2.22. The van der Waals surface area contributed by atoms with Crippen LogP contribution in [0.2, 0.25) is 5.02 Å². The molecule has 0 saturated heterocycles. The van der Waals surface area contributed by atoms with Crippen LogP contribution < -0.4 is 4.74 Å². The first-order valence-electron chi connectivity index (χ1n) is 4.52. The fraction of sp³-hybridized carbons (Fsp3) is 0.364. The Bertz CT molecular complexity index is 373. The van der Waals surface area contributed by atoms with Crippen molar-refractivity contribution < 1.29 is 9.47 Å². The van der Waals surface area contributed by atoms with Crippen molar-refractivity contribution >= 4 is 11.6 Å². The monoisotopic (exact) mass is 225 g/mol. The number of benzene rings is 1. The number of nitrogens with zero attached hydrogens (tertiary/aromatic N) is 1. The smallest absolute Gasteiger partial charge is 0.138 e. The third-order valence-electron chi connectivity index (χ3n) is 1.94. The molecular weight excluding hydrogens is 214 g/mol. The number of nitriles is 1. The molecule has 1 rings (SSSR count). The van der Waals surface area contributed by atoms with Gasteiger partial charge in [-0.3, -0.25) is 0 Å². The molecular formula is C11H12ClNO2. The van der Waals surface area contributed by atoms with Gasteiger partial charge in [0, 0.05) is 18.2 Å². The predicted molar refractivity (Wildman–Crippen MR) is 58.1 cm³/mol. The van der Waals surface area contributed by atoms with Crippen molar-refractivity contribution in [1.29, 1.82) is 5.26 Å². The second kappa shape index (κ2) is 5.59. The molecule has 1 aromatic rings. The predicted octanol–water partition coefficient (Wildman–Crippen LogP) is 2.63. The second-order valence-corrected chi connectivity index (χ2v) is 3.55. The van der Waals surface area contributed by atoms with Gasteiger partial charge in [-0.05, 0) is 19.1 Å². The molecule has 1 aromatic carbocycles. The minimum absolute atomic E-state index is 0.0180. The number of methoxy groups -OCH3 is 1. The topological polar surface area (TPSA) is 42.2 Å². The lowest BCUT2D eigenvalue weighted by Crippen LogP contribution is -2.16. The lowest BCUT2D eigenvalue weighted by atomic mass is 10.2. The summed E-state index contributed by atoms with van der Waals surface area (Å²) in [5.74, 6) is 0.494. The molecule has 1 atom stereocenters. The van der Waals surface area contributed by atoms with Gasteiger partial charge in [0.15, 0.2) is 0 Å². The van der Waals surface area contributed by atoms with Crippen LogP contribution in [0, 0.1) is 11.3 Å². The molecule has 0 saturated carbocycles. The Morgan fingerprint density at radius 1 is 1.53 bits per heavy atom. The lowest BCUT2D eigenvalue weighted by Gasteiger charge is -2.12. The van der Waals surface area contributed by atoms with E-state index in [0.29, 0.717) is 22.9 Å². The Labute approximate surface area is 94.2 Å². The maximum Gasteiger partial charge on any atom is 0.138 e. The number of rotatable bonds is 4. The van der Waals surface area contributed by atoms with E-state index in [4.69, 9.17) is 26.3 Å². The van der Waals surface area contributed by atoms with Crippen LogP contribution in [0.1, 0.15) is 12.5 Å². The third-order valence-corrected chi connectivity index (χ3v) is 2.18. The lowest BCUT2D eigenvalue weighted by molar-refractivity contribution is 0.0715. The van der Waals surface area contributed by atoms with Gasteiger partial charge in [-0.1, -0.05) is 11.6 Å². The molecule has 0 N–H and O–H groups in total. The molecule has 0 spiro atoms. The zero-order chi connectivity index (χ0) is 11.3. The minimum Gasteiger partial charge on any atom is -0.489 e. The molecule has 0 aliphatic rings. The molecule has 0 amide bonds. The van der Waals surface area contributed by atoms with Crippen molar-refractivity contribution in [2.75, 3.05) is 13.7 Å². The maximum atomic E-state index is 8.83. The summed E-state index contributed by atoms with van der Waals surface area (Å²) in [6.07, 6.45) is -0.0180. The van der Waals surface area contributed by atoms with Crippen LogP contribution >= 0.6 is 11.6 Å². The summed E-state index contributed by atoms with van der Waals surface area (Å²) in [5.41, 5.74) is 0.475. The fourth-order valence-corrected chi connectivity index (χ4v) is 1.15. The summed E-state index contributed by atoms with van der Waals surface area (Å²) < 4.78 is 10.5. The average Bonchev–Trinajstić information content (AvgIpc) is 2.26. The van der Waals surface area contributed by atoms with Crippen LogP contribution in [0.3, 0.4) is 0 Å². The summed E-state index contributed by atoms with van der Waals surface area (Å²) in [6, 6.07) is 6.96. The van der Waals surface area contributed by atoms with Crippen molar-refractivity contribution in [3.05, 3.63) is 28.8 Å². The van der Waals surface area contributed by atoms with Gasteiger partial charge >= 0.3 is 0 Å². The van der Waals surface area contributed by atoms with Gasteiger partial charge in [-0.15, -0.1) is 0 Å². The number of ether oxygens (including phenoxy) is 2. The number of hydrogen-bond acceptors (Lipinski definition) is 3. The normalized spacial score (nSPS) is 11.9. The molecule has 0 aromatic heterocycles. The highest BCUT2D eigenvalue weighted by molar-refractivity contribution is 6.30. The molecule has 0 bridgehead atoms. The Hall–Kier alpha value is -1.24. The highest BCUT2D eigenvalue weighted by Gasteiger charge is 2.06. The van der Waals surface area contributed by atoms with E-state index in [1.54, 1.807) is 25.3 Å². The molecule has 15 heavy (non-hydrogen) atoms. The third kappa shape index (κ3) is 3.43. The van der Waals surface area contributed by atoms with Gasteiger partial charge in [0.05, 0.1) is 11.7 Å². The standard InChI is InChI=1S/C11H12ClNO2/c1-8(14-2)7-15-11-5-10(12)4-3-9(11)6-13/h3-5,8H,7H2,1-2H3. The van der Waals surface area contributed by atoms with E-state index in [1.165, 1.54) is 0 Å². The minimum atomic E-state index is -0.0180. The van der Waals surface area contributed by atoms with Crippen molar-refractivity contribution in [2.24, 2.45) is 0 Å². The Balaban J connectivity index is 2.75. The van der Waals surface area contributed by atoms with Crippen molar-refractivity contribution in [3.8, 4) is 11.8 Å². The second-order valence-electron chi connectivity index (χ2n) is 3.11. The largest absolute Gasteiger partial charge is 0.489 e. The summed E-state index contributed by atoms with van der Waals surface area (Å²) in [5, 5.41) is 9.38. The number of halogens is 1. The van der Waals surface area contributed by atoms with Crippen LogP contribution in [0.15, 0.2) is 18.2 Å². The van der Waals surface area contributed by atoms with E-state index in [0.717, 1.165) is 0 Å². The van der Waals surface area contributed by atoms with Gasteiger partial charge < -0.3 is 9.47 Å². The Morgan fingerprint density at radius 2 is 2.27 bits per heavy atom. The summed E-state index contributed by atoms with van der Waals surface area (Å²) in [4.78, 5) is 0. The van der Waals surface area contributed by atoms with Crippen LogP contribution in [-0.2, 0) is 4.74 Å². The average molecular weight is 226 g/mol. The zero-order valence-electron chi connectivity index (χ0n) is 8.66. The van der Waals surface area contributed by atoms with Crippen LogP contribution in [0.5, 0.6) is 5.75 Å². The van der Waals surface area contributed by atoms with Gasteiger partial charge in [-0.2, -0.15) is 5.26 Å². The zero-order valence-corrected chi connectivity index (χ0v) is 9.41. The molecule has 0 heterocycles. The number of hydrogen-bond donors (Lipinski definition) is 0. The molecule has 0 aliphatic carbocycles. The molecule has 0 radical (unpaired) electrons. The maximum absolute atomic E-state index is 8.83. The molecule has 0 aliphatic heterocycles.